The van der Waals surface area contributed by atoms with Gasteiger partial charge in [-0.3, -0.25) is 4.79 Å². The molecule has 1 amide bonds. The van der Waals surface area contributed by atoms with Gasteiger partial charge in [-0.25, -0.2) is 13.6 Å². The summed E-state index contributed by atoms with van der Waals surface area (Å²) in [5.74, 6) is 0.511. The third kappa shape index (κ3) is 4.81. The molecule has 1 aliphatic carbocycles. The quantitative estimate of drug-likeness (QED) is 0.872. The largest absolute Gasteiger partial charge is 0.350 e. The van der Waals surface area contributed by atoms with Crippen LogP contribution in [-0.4, -0.2) is 14.3 Å². The van der Waals surface area contributed by atoms with E-state index in [1.54, 1.807) is 12.1 Å². The average molecular weight is 324 g/mol. The Morgan fingerprint density at radius 3 is 2.64 bits per heavy atom. The zero-order valence-electron chi connectivity index (χ0n) is 12.9. The van der Waals surface area contributed by atoms with Gasteiger partial charge in [-0.2, -0.15) is 0 Å². The van der Waals surface area contributed by atoms with Crippen LogP contribution in [-0.2, 0) is 14.8 Å². The van der Waals surface area contributed by atoms with Crippen LogP contribution in [0.2, 0.25) is 0 Å². The number of hydrogen-bond acceptors (Lipinski definition) is 3. The molecule has 1 aromatic carbocycles. The SMILES string of the molecule is CC(NC(=O)CC1CCCCC1)c1cccc(S(N)(=O)=O)c1. The third-order valence-corrected chi connectivity index (χ3v) is 5.17. The van der Waals surface area contributed by atoms with E-state index in [1.165, 1.54) is 31.4 Å². The summed E-state index contributed by atoms with van der Waals surface area (Å²) in [4.78, 5) is 12.2. The molecule has 3 N–H and O–H groups in total. The number of carbonyl (C=O) groups is 1. The molecule has 0 radical (unpaired) electrons. The molecule has 0 bridgehead atoms. The Hall–Kier alpha value is -1.40. The highest BCUT2D eigenvalue weighted by Crippen LogP contribution is 2.26. The number of amides is 1. The van der Waals surface area contributed by atoms with Crippen LogP contribution in [0.3, 0.4) is 0 Å². The molecule has 0 spiro atoms. The van der Waals surface area contributed by atoms with Crippen molar-refractivity contribution in [1.82, 2.24) is 5.32 Å². The minimum Gasteiger partial charge on any atom is -0.350 e. The highest BCUT2D eigenvalue weighted by molar-refractivity contribution is 7.89. The van der Waals surface area contributed by atoms with E-state index < -0.39 is 10.0 Å². The third-order valence-electron chi connectivity index (χ3n) is 4.26. The maximum atomic E-state index is 12.1. The van der Waals surface area contributed by atoms with Crippen molar-refractivity contribution in [2.75, 3.05) is 0 Å². The van der Waals surface area contributed by atoms with Crippen LogP contribution in [0, 0.1) is 5.92 Å². The first-order valence-corrected chi connectivity index (χ1v) is 9.33. The topological polar surface area (TPSA) is 89.3 Å². The summed E-state index contributed by atoms with van der Waals surface area (Å²) in [6, 6.07) is 6.16. The normalized spacial score (nSPS) is 17.9. The summed E-state index contributed by atoms with van der Waals surface area (Å²) in [5, 5.41) is 8.08. The van der Waals surface area contributed by atoms with Crippen LogP contribution in [0.5, 0.6) is 0 Å². The molecule has 0 aromatic heterocycles. The first-order chi connectivity index (χ1) is 10.4. The molecule has 5 nitrogen and oxygen atoms in total. The molecule has 2 rings (SSSR count). The lowest BCUT2D eigenvalue weighted by atomic mass is 9.87. The molecule has 1 fully saturated rings. The van der Waals surface area contributed by atoms with E-state index >= 15 is 0 Å². The Morgan fingerprint density at radius 1 is 1.32 bits per heavy atom. The van der Waals surface area contributed by atoms with E-state index in [0.29, 0.717) is 12.3 Å². The maximum absolute atomic E-state index is 12.1. The summed E-state index contributed by atoms with van der Waals surface area (Å²) in [6.07, 6.45) is 6.51. The van der Waals surface area contributed by atoms with Gasteiger partial charge in [0.15, 0.2) is 0 Å². The first kappa shape index (κ1) is 17.0. The van der Waals surface area contributed by atoms with Gasteiger partial charge in [0.2, 0.25) is 15.9 Å². The zero-order chi connectivity index (χ0) is 16.2. The van der Waals surface area contributed by atoms with Crippen molar-refractivity contribution in [2.24, 2.45) is 11.1 Å². The fourth-order valence-electron chi connectivity index (χ4n) is 3.00. The van der Waals surface area contributed by atoms with Crippen molar-refractivity contribution in [3.63, 3.8) is 0 Å². The summed E-state index contributed by atoms with van der Waals surface area (Å²) in [5.41, 5.74) is 0.739. The van der Waals surface area contributed by atoms with Crippen molar-refractivity contribution in [3.05, 3.63) is 29.8 Å². The molecule has 1 saturated carbocycles. The monoisotopic (exact) mass is 324 g/mol. The number of sulfonamides is 1. The van der Waals surface area contributed by atoms with E-state index in [4.69, 9.17) is 5.14 Å². The van der Waals surface area contributed by atoms with E-state index in [2.05, 4.69) is 5.32 Å². The van der Waals surface area contributed by atoms with Gasteiger partial charge >= 0.3 is 0 Å². The molecular weight excluding hydrogens is 300 g/mol. The molecule has 0 saturated heterocycles. The molecule has 6 heteroatoms. The van der Waals surface area contributed by atoms with Gasteiger partial charge in [0.05, 0.1) is 10.9 Å². The predicted molar refractivity (Wildman–Crippen MR) is 85.6 cm³/mol. The summed E-state index contributed by atoms with van der Waals surface area (Å²) in [7, 11) is -3.72. The van der Waals surface area contributed by atoms with Gasteiger partial charge in [0, 0.05) is 6.42 Å². The molecule has 122 valence electrons. The number of rotatable bonds is 5. The lowest BCUT2D eigenvalue weighted by molar-refractivity contribution is -0.122. The Balaban J connectivity index is 1.96. The fourth-order valence-corrected chi connectivity index (χ4v) is 3.57. The van der Waals surface area contributed by atoms with Crippen LogP contribution in [0.15, 0.2) is 29.2 Å². The van der Waals surface area contributed by atoms with E-state index in [1.807, 2.05) is 6.92 Å². The van der Waals surface area contributed by atoms with Crippen molar-refractivity contribution in [1.29, 1.82) is 0 Å². The minimum atomic E-state index is -3.72. The summed E-state index contributed by atoms with van der Waals surface area (Å²) < 4.78 is 22.8. The van der Waals surface area contributed by atoms with Gasteiger partial charge in [-0.05, 0) is 43.4 Å². The Bertz CT molecular complexity index is 622. The van der Waals surface area contributed by atoms with E-state index in [0.717, 1.165) is 18.4 Å². The maximum Gasteiger partial charge on any atom is 0.238 e. The molecule has 0 aliphatic heterocycles. The smallest absolute Gasteiger partial charge is 0.238 e. The number of hydrogen-bond donors (Lipinski definition) is 2. The van der Waals surface area contributed by atoms with Gasteiger partial charge in [-0.15, -0.1) is 0 Å². The molecule has 22 heavy (non-hydrogen) atoms. The second-order valence-corrected chi connectivity index (χ2v) is 7.68. The van der Waals surface area contributed by atoms with Crippen LogP contribution < -0.4 is 10.5 Å². The standard InChI is InChI=1S/C16H24N2O3S/c1-12(14-8-5-9-15(11-14)22(17,20)21)18-16(19)10-13-6-3-2-4-7-13/h5,8-9,11-13H,2-4,6-7,10H2,1H3,(H,18,19)(H2,17,20,21). The number of carbonyl (C=O) groups excluding carboxylic acids is 1. The van der Waals surface area contributed by atoms with E-state index in [-0.39, 0.29) is 16.8 Å². The molecular formula is C16H24N2O3S. The average Bonchev–Trinajstić information content (AvgIpc) is 2.47. The fraction of sp³-hybridized carbons (Fsp3) is 0.562. The molecule has 1 atom stereocenters. The Kier molecular flexibility index (Phi) is 5.58. The lowest BCUT2D eigenvalue weighted by Crippen LogP contribution is -2.29. The van der Waals surface area contributed by atoms with Crippen molar-refractivity contribution < 1.29 is 13.2 Å². The second kappa shape index (κ2) is 7.24. The van der Waals surface area contributed by atoms with Gasteiger partial charge in [-0.1, -0.05) is 31.4 Å². The van der Waals surface area contributed by atoms with Crippen LogP contribution in [0.25, 0.3) is 0 Å². The van der Waals surface area contributed by atoms with Gasteiger partial charge < -0.3 is 5.32 Å². The Morgan fingerprint density at radius 2 is 2.00 bits per heavy atom. The van der Waals surface area contributed by atoms with Gasteiger partial charge in [0.25, 0.3) is 0 Å². The van der Waals surface area contributed by atoms with E-state index in [9.17, 15) is 13.2 Å². The highest BCUT2D eigenvalue weighted by Gasteiger charge is 2.19. The van der Waals surface area contributed by atoms with Crippen molar-refractivity contribution in [3.8, 4) is 0 Å². The van der Waals surface area contributed by atoms with Crippen LogP contribution in [0.4, 0.5) is 0 Å². The Labute approximate surface area is 132 Å². The number of nitrogens with one attached hydrogen (secondary N) is 1. The number of primary sulfonamides is 1. The van der Waals surface area contributed by atoms with Crippen LogP contribution >= 0.6 is 0 Å². The highest BCUT2D eigenvalue weighted by atomic mass is 32.2. The van der Waals surface area contributed by atoms with Crippen molar-refractivity contribution in [2.45, 2.75) is 56.4 Å². The predicted octanol–water partition coefficient (Wildman–Crippen LogP) is 2.48. The summed E-state index contributed by atoms with van der Waals surface area (Å²) in [6.45, 7) is 1.85. The summed E-state index contributed by atoms with van der Waals surface area (Å²) >= 11 is 0. The van der Waals surface area contributed by atoms with Crippen LogP contribution in [0.1, 0.15) is 57.1 Å². The zero-order valence-corrected chi connectivity index (χ0v) is 13.7. The second-order valence-electron chi connectivity index (χ2n) is 6.11. The number of benzene rings is 1. The molecule has 0 heterocycles. The first-order valence-electron chi connectivity index (χ1n) is 7.78. The molecule has 1 aromatic rings. The molecule has 1 aliphatic rings. The molecule has 1 unspecified atom stereocenters. The number of nitrogens with two attached hydrogens (primary N) is 1. The lowest BCUT2D eigenvalue weighted by Gasteiger charge is -2.22. The minimum absolute atomic E-state index is 0.0282. The van der Waals surface area contributed by atoms with Gasteiger partial charge in [0.1, 0.15) is 0 Å². The van der Waals surface area contributed by atoms with Crippen molar-refractivity contribution >= 4 is 15.9 Å².